The molecule has 0 bridgehead atoms. The Morgan fingerprint density at radius 3 is 2.59 bits per heavy atom. The molecular formula is C29H20BrN3O3S. The lowest BCUT2D eigenvalue weighted by Crippen LogP contribution is -2.61. The summed E-state index contributed by atoms with van der Waals surface area (Å²) in [7, 11) is 0. The molecule has 1 aromatic heterocycles. The highest BCUT2D eigenvalue weighted by Gasteiger charge is 2.58. The summed E-state index contributed by atoms with van der Waals surface area (Å²) in [6, 6.07) is 29.8. The van der Waals surface area contributed by atoms with E-state index < -0.39 is 5.85 Å². The maximum absolute atomic E-state index is 12.8. The van der Waals surface area contributed by atoms with Crippen molar-refractivity contribution in [2.45, 2.75) is 18.3 Å². The lowest BCUT2D eigenvalue weighted by molar-refractivity contribution is -0.0949. The molecule has 6 nitrogen and oxygen atoms in total. The normalized spacial score (nSPS) is 23.0. The van der Waals surface area contributed by atoms with Gasteiger partial charge in [-0.1, -0.05) is 76.6 Å². The zero-order chi connectivity index (χ0) is 25.0. The lowest BCUT2D eigenvalue weighted by atomic mass is 9.96. The van der Waals surface area contributed by atoms with Gasteiger partial charge in [-0.05, 0) is 53.7 Å². The Balaban J connectivity index is 1.32. The molecule has 0 radical (unpaired) electrons. The van der Waals surface area contributed by atoms with Crippen LogP contribution in [0.3, 0.4) is 0 Å². The number of nitrogens with one attached hydrogen (secondary N) is 1. The van der Waals surface area contributed by atoms with Gasteiger partial charge in [0, 0.05) is 22.0 Å². The Morgan fingerprint density at radius 2 is 1.76 bits per heavy atom. The molecule has 3 aliphatic heterocycles. The zero-order valence-corrected chi connectivity index (χ0v) is 21.8. The van der Waals surface area contributed by atoms with E-state index in [4.69, 9.17) is 14.3 Å². The summed E-state index contributed by atoms with van der Waals surface area (Å²) in [6.45, 7) is 0. The van der Waals surface area contributed by atoms with Crippen LogP contribution in [-0.4, -0.2) is 21.8 Å². The predicted molar refractivity (Wildman–Crippen MR) is 148 cm³/mol. The van der Waals surface area contributed by atoms with E-state index in [0.29, 0.717) is 17.1 Å². The van der Waals surface area contributed by atoms with Crippen LogP contribution in [0.4, 0.5) is 4.79 Å². The molecule has 4 aromatic rings. The Kier molecular flexibility index (Phi) is 5.26. The number of fused-ring (bicyclic) bond motifs is 4. The van der Waals surface area contributed by atoms with Crippen molar-refractivity contribution in [1.29, 1.82) is 0 Å². The van der Waals surface area contributed by atoms with Crippen LogP contribution < -0.4 is 10.1 Å². The molecule has 1 amide bonds. The van der Waals surface area contributed by atoms with Crippen LogP contribution in [0.5, 0.6) is 5.75 Å². The number of hydrogen-bond donors (Lipinski definition) is 1. The molecular weight excluding hydrogens is 550 g/mol. The van der Waals surface area contributed by atoms with Gasteiger partial charge in [0.25, 0.3) is 5.24 Å². The highest BCUT2D eigenvalue weighted by molar-refractivity contribution is 9.10. The van der Waals surface area contributed by atoms with Gasteiger partial charge < -0.3 is 9.15 Å². The number of para-hydroxylation sites is 1. The number of amides is 1. The fourth-order valence-corrected chi connectivity index (χ4v) is 6.15. The Bertz CT molecular complexity index is 1580. The van der Waals surface area contributed by atoms with Gasteiger partial charge in [-0.3, -0.25) is 10.1 Å². The summed E-state index contributed by atoms with van der Waals surface area (Å²) in [5, 5.41) is 9.80. The van der Waals surface area contributed by atoms with Gasteiger partial charge >= 0.3 is 5.85 Å². The maximum Gasteiger partial charge on any atom is 0.314 e. The second-order valence-corrected chi connectivity index (χ2v) is 10.9. The summed E-state index contributed by atoms with van der Waals surface area (Å²) in [5.74, 6) is 0.842. The van der Waals surface area contributed by atoms with E-state index in [0.717, 1.165) is 50.1 Å². The first-order chi connectivity index (χ1) is 18.1. The van der Waals surface area contributed by atoms with Gasteiger partial charge in [-0.25, -0.2) is 5.01 Å². The molecule has 2 atom stereocenters. The fourth-order valence-electron chi connectivity index (χ4n) is 5.00. The van der Waals surface area contributed by atoms with Crippen LogP contribution in [0.15, 0.2) is 110 Å². The number of ether oxygens (including phenoxy) is 1. The molecule has 1 fully saturated rings. The monoisotopic (exact) mass is 569 g/mol. The molecule has 2 unspecified atom stereocenters. The lowest BCUT2D eigenvalue weighted by Gasteiger charge is -2.44. The van der Waals surface area contributed by atoms with Gasteiger partial charge in [-0.15, -0.1) is 0 Å². The average molecular weight is 570 g/mol. The molecule has 182 valence electrons. The quantitative estimate of drug-likeness (QED) is 0.278. The molecule has 8 heteroatoms. The van der Waals surface area contributed by atoms with Crippen molar-refractivity contribution in [1.82, 2.24) is 10.3 Å². The van der Waals surface area contributed by atoms with Crippen molar-refractivity contribution in [2.75, 3.05) is 0 Å². The molecule has 0 saturated carbocycles. The fraction of sp³-hybridized carbons (Fsp3) is 0.103. The number of furan rings is 1. The zero-order valence-electron chi connectivity index (χ0n) is 19.4. The summed E-state index contributed by atoms with van der Waals surface area (Å²) in [4.78, 5) is 13.5. The Morgan fingerprint density at radius 1 is 0.973 bits per heavy atom. The molecule has 3 aromatic carbocycles. The minimum atomic E-state index is -1.26. The summed E-state index contributed by atoms with van der Waals surface area (Å²) < 4.78 is 13.8. The van der Waals surface area contributed by atoms with E-state index in [9.17, 15) is 4.79 Å². The highest BCUT2D eigenvalue weighted by atomic mass is 79.9. The van der Waals surface area contributed by atoms with Crippen molar-refractivity contribution in [3.05, 3.63) is 117 Å². The summed E-state index contributed by atoms with van der Waals surface area (Å²) in [6.07, 6.45) is 2.57. The second kappa shape index (κ2) is 8.68. The number of thioether (sulfide) groups is 1. The van der Waals surface area contributed by atoms with E-state index in [2.05, 4.69) is 39.4 Å². The van der Waals surface area contributed by atoms with E-state index in [1.54, 1.807) is 0 Å². The van der Waals surface area contributed by atoms with E-state index >= 15 is 0 Å². The van der Waals surface area contributed by atoms with E-state index in [1.165, 1.54) is 0 Å². The number of halogens is 1. The first kappa shape index (κ1) is 22.4. The van der Waals surface area contributed by atoms with Crippen LogP contribution in [0.25, 0.3) is 17.4 Å². The number of carbonyl (C=O) groups excluding carboxylic acids is 1. The Labute approximate surface area is 226 Å². The van der Waals surface area contributed by atoms with E-state index in [-0.39, 0.29) is 11.3 Å². The largest absolute Gasteiger partial charge is 0.457 e. The number of carbonyl (C=O) groups is 1. The van der Waals surface area contributed by atoms with Crippen LogP contribution in [0.2, 0.25) is 0 Å². The molecule has 4 heterocycles. The third-order valence-electron chi connectivity index (χ3n) is 6.71. The first-order valence-corrected chi connectivity index (χ1v) is 13.5. The topological polar surface area (TPSA) is 67.1 Å². The minimum Gasteiger partial charge on any atom is -0.457 e. The minimum absolute atomic E-state index is 0.0857. The third-order valence-corrected chi connectivity index (χ3v) is 8.14. The maximum atomic E-state index is 12.8. The molecule has 0 aliphatic carbocycles. The van der Waals surface area contributed by atoms with Crippen LogP contribution in [0, 0.1) is 0 Å². The number of rotatable bonds is 3. The smallest absolute Gasteiger partial charge is 0.314 e. The number of hydrogen-bond acceptors (Lipinski definition) is 6. The van der Waals surface area contributed by atoms with Gasteiger partial charge in [0.05, 0.1) is 16.7 Å². The van der Waals surface area contributed by atoms with Crippen molar-refractivity contribution in [3.63, 3.8) is 0 Å². The highest BCUT2D eigenvalue weighted by Crippen LogP contribution is 2.52. The standard InChI is InChI=1S/C29H20BrN3O3S/c30-20-12-10-19(11-13-20)25-15-14-21(35-25)16-27-29(31-28(34)37-27)33-24(22-8-4-5-9-26(22)36-29)17-23(32-33)18-6-2-1-3-7-18/h1-16,24H,17H2,(H,31,34)/b27-16-. The van der Waals surface area contributed by atoms with Crippen LogP contribution >= 0.6 is 27.7 Å². The van der Waals surface area contributed by atoms with Gasteiger partial charge in [0.15, 0.2) is 0 Å². The SMILES string of the molecule is O=C1NC2(Oc3ccccc3C3CC(c4ccccc4)=NN32)/C(=C/c2ccc(-c3ccc(Br)cc3)o2)S1. The van der Waals surface area contributed by atoms with Crippen molar-refractivity contribution in [2.24, 2.45) is 5.10 Å². The van der Waals surface area contributed by atoms with Gasteiger partial charge in [-0.2, -0.15) is 5.10 Å². The molecule has 1 saturated heterocycles. The van der Waals surface area contributed by atoms with Gasteiger partial charge in [0.1, 0.15) is 17.3 Å². The molecule has 3 aliphatic rings. The van der Waals surface area contributed by atoms with Gasteiger partial charge in [0.2, 0.25) is 0 Å². The number of hydrazone groups is 1. The van der Waals surface area contributed by atoms with Crippen molar-refractivity contribution in [3.8, 4) is 17.1 Å². The third kappa shape index (κ3) is 3.79. The molecule has 7 rings (SSSR count). The predicted octanol–water partition coefficient (Wildman–Crippen LogP) is 7.40. The molecule has 1 spiro atoms. The van der Waals surface area contributed by atoms with Crippen LogP contribution in [-0.2, 0) is 0 Å². The first-order valence-electron chi connectivity index (χ1n) is 11.9. The van der Waals surface area contributed by atoms with E-state index in [1.807, 2.05) is 83.9 Å². The number of nitrogens with zero attached hydrogens (tertiary/aromatic N) is 2. The number of benzene rings is 3. The molecule has 1 N–H and O–H groups in total. The van der Waals surface area contributed by atoms with Crippen molar-refractivity contribution >= 4 is 44.7 Å². The Hall–Kier alpha value is -3.75. The second-order valence-electron chi connectivity index (χ2n) is 8.99. The summed E-state index contributed by atoms with van der Waals surface area (Å²) in [5.41, 5.74) is 4.02. The van der Waals surface area contributed by atoms with Crippen molar-refractivity contribution < 1.29 is 13.9 Å². The molecule has 37 heavy (non-hydrogen) atoms. The van der Waals surface area contributed by atoms with Crippen LogP contribution in [0.1, 0.15) is 29.3 Å². The summed E-state index contributed by atoms with van der Waals surface area (Å²) >= 11 is 4.57. The average Bonchev–Trinajstić information content (AvgIpc) is 3.64.